The monoisotopic (exact) mass is 320 g/mol. The van der Waals surface area contributed by atoms with Crippen LogP contribution in [0.15, 0.2) is 11.6 Å². The van der Waals surface area contributed by atoms with Crippen LogP contribution in [-0.2, 0) is 9.59 Å². The molecule has 1 aliphatic rings. The Labute approximate surface area is 129 Å². The Morgan fingerprint density at radius 1 is 0.913 bits per heavy atom. The van der Waals surface area contributed by atoms with Crippen molar-refractivity contribution in [1.29, 1.82) is 0 Å². The molecule has 2 rings (SSSR count). The van der Waals surface area contributed by atoms with E-state index >= 15 is 0 Å². The average molecular weight is 320 g/mol. The SMILES string of the molecule is CC(=O)Oc1c(O)c2c(c(O)c1OC(C)=O)C(=O)C(C)=CC2=O. The topological polar surface area (TPSA) is 127 Å². The zero-order valence-corrected chi connectivity index (χ0v) is 12.4. The molecule has 2 N–H and O–H groups in total. The molecule has 0 saturated heterocycles. The van der Waals surface area contributed by atoms with E-state index in [0.29, 0.717) is 0 Å². The third-order valence-electron chi connectivity index (χ3n) is 3.03. The summed E-state index contributed by atoms with van der Waals surface area (Å²) in [5, 5.41) is 20.4. The average Bonchev–Trinajstić information content (AvgIpc) is 2.43. The van der Waals surface area contributed by atoms with Crippen LogP contribution in [0.3, 0.4) is 0 Å². The van der Waals surface area contributed by atoms with Crippen LogP contribution in [0.2, 0.25) is 0 Å². The molecule has 0 atom stereocenters. The number of phenols is 2. The number of benzene rings is 1. The minimum Gasteiger partial charge on any atom is -0.504 e. The fourth-order valence-electron chi connectivity index (χ4n) is 2.15. The van der Waals surface area contributed by atoms with Crippen molar-refractivity contribution in [2.45, 2.75) is 20.8 Å². The van der Waals surface area contributed by atoms with Crippen LogP contribution in [0.4, 0.5) is 0 Å². The first-order valence-electron chi connectivity index (χ1n) is 6.41. The highest BCUT2D eigenvalue weighted by atomic mass is 16.6. The van der Waals surface area contributed by atoms with Crippen molar-refractivity contribution in [1.82, 2.24) is 0 Å². The largest absolute Gasteiger partial charge is 0.504 e. The van der Waals surface area contributed by atoms with Crippen LogP contribution in [0.1, 0.15) is 41.5 Å². The molecule has 8 heteroatoms. The molecule has 1 aromatic carbocycles. The number of fused-ring (bicyclic) bond motifs is 1. The first-order valence-corrected chi connectivity index (χ1v) is 6.41. The van der Waals surface area contributed by atoms with Gasteiger partial charge in [0.25, 0.3) is 0 Å². The maximum Gasteiger partial charge on any atom is 0.308 e. The van der Waals surface area contributed by atoms with Gasteiger partial charge in [0.15, 0.2) is 23.1 Å². The molecule has 23 heavy (non-hydrogen) atoms. The van der Waals surface area contributed by atoms with Gasteiger partial charge in [-0.1, -0.05) is 0 Å². The lowest BCUT2D eigenvalue weighted by molar-refractivity contribution is -0.134. The van der Waals surface area contributed by atoms with Gasteiger partial charge in [-0.2, -0.15) is 0 Å². The van der Waals surface area contributed by atoms with E-state index < -0.39 is 57.6 Å². The van der Waals surface area contributed by atoms with Gasteiger partial charge in [-0.25, -0.2) is 0 Å². The molecule has 0 spiro atoms. The molecule has 0 fully saturated rings. The van der Waals surface area contributed by atoms with Gasteiger partial charge < -0.3 is 19.7 Å². The quantitative estimate of drug-likeness (QED) is 0.474. The van der Waals surface area contributed by atoms with E-state index in [1.807, 2.05) is 0 Å². The zero-order chi connectivity index (χ0) is 17.5. The Morgan fingerprint density at radius 3 is 1.78 bits per heavy atom. The lowest BCUT2D eigenvalue weighted by Gasteiger charge is -2.20. The van der Waals surface area contributed by atoms with E-state index in [-0.39, 0.29) is 5.57 Å². The minimum absolute atomic E-state index is 0.0335. The first-order chi connectivity index (χ1) is 10.6. The van der Waals surface area contributed by atoms with Crippen LogP contribution in [0.25, 0.3) is 0 Å². The molecule has 0 saturated carbocycles. The van der Waals surface area contributed by atoms with Crippen LogP contribution < -0.4 is 9.47 Å². The fraction of sp³-hybridized carbons (Fsp3) is 0.200. The number of aromatic hydroxyl groups is 2. The van der Waals surface area contributed by atoms with Gasteiger partial charge in [-0.3, -0.25) is 19.2 Å². The summed E-state index contributed by atoms with van der Waals surface area (Å²) in [6.07, 6.45) is 0.979. The van der Waals surface area contributed by atoms with E-state index in [1.165, 1.54) is 6.92 Å². The molecule has 1 aromatic rings. The molecule has 0 amide bonds. The molecule has 0 radical (unpaired) electrons. The summed E-state index contributed by atoms with van der Waals surface area (Å²) < 4.78 is 9.46. The number of rotatable bonds is 2. The molecule has 0 bridgehead atoms. The van der Waals surface area contributed by atoms with E-state index in [9.17, 15) is 29.4 Å². The van der Waals surface area contributed by atoms with Gasteiger partial charge in [-0.05, 0) is 13.0 Å². The second-order valence-corrected chi connectivity index (χ2v) is 4.81. The first kappa shape index (κ1) is 16.2. The Morgan fingerprint density at radius 2 is 1.35 bits per heavy atom. The number of phenolic OH excluding ortho intramolecular Hbond substituents is 2. The second-order valence-electron chi connectivity index (χ2n) is 4.81. The third-order valence-corrected chi connectivity index (χ3v) is 3.03. The molecule has 1 aliphatic carbocycles. The molecule has 0 aliphatic heterocycles. The van der Waals surface area contributed by atoms with Crippen molar-refractivity contribution in [3.05, 3.63) is 22.8 Å². The standard InChI is InChI=1S/C15H12O8/c1-5-4-8(18)9-10(11(5)19)13(21)15(23-7(3)17)14(12(9)20)22-6(2)16/h4,20-21H,1-3H3. The van der Waals surface area contributed by atoms with Crippen LogP contribution >= 0.6 is 0 Å². The number of ether oxygens (including phenoxy) is 2. The molecule has 0 heterocycles. The van der Waals surface area contributed by atoms with Crippen molar-refractivity contribution < 1.29 is 38.9 Å². The number of carbonyl (C=O) groups is 4. The highest BCUT2D eigenvalue weighted by Gasteiger charge is 2.36. The predicted molar refractivity (Wildman–Crippen MR) is 74.8 cm³/mol. The van der Waals surface area contributed by atoms with Crippen LogP contribution in [-0.4, -0.2) is 33.7 Å². The molecule has 8 nitrogen and oxygen atoms in total. The summed E-state index contributed by atoms with van der Waals surface area (Å²) in [6, 6.07) is 0. The number of hydrogen-bond acceptors (Lipinski definition) is 8. The van der Waals surface area contributed by atoms with Crippen molar-refractivity contribution >= 4 is 23.5 Å². The maximum atomic E-state index is 12.2. The maximum absolute atomic E-state index is 12.2. The normalized spacial score (nSPS) is 13.3. The smallest absolute Gasteiger partial charge is 0.308 e. The van der Waals surface area contributed by atoms with Crippen molar-refractivity contribution in [2.24, 2.45) is 0 Å². The van der Waals surface area contributed by atoms with Gasteiger partial charge in [0.2, 0.25) is 11.5 Å². The summed E-state index contributed by atoms with van der Waals surface area (Å²) in [4.78, 5) is 46.5. The summed E-state index contributed by atoms with van der Waals surface area (Å²) in [6.45, 7) is 3.36. The molecule has 120 valence electrons. The van der Waals surface area contributed by atoms with Crippen LogP contribution in [0, 0.1) is 0 Å². The lowest BCUT2D eigenvalue weighted by Crippen LogP contribution is -2.18. The Hall–Kier alpha value is -3.16. The number of allylic oxidation sites excluding steroid dienone is 2. The molecular weight excluding hydrogens is 308 g/mol. The van der Waals surface area contributed by atoms with E-state index in [0.717, 1.165) is 19.9 Å². The number of carbonyl (C=O) groups excluding carboxylic acids is 4. The van der Waals surface area contributed by atoms with E-state index in [1.54, 1.807) is 0 Å². The Kier molecular flexibility index (Phi) is 3.92. The number of Topliss-reactive ketones (excluding diaryl/α,β-unsaturated/α-hetero) is 1. The lowest BCUT2D eigenvalue weighted by atomic mass is 9.88. The number of ketones is 2. The number of hydrogen-bond donors (Lipinski definition) is 2. The highest BCUT2D eigenvalue weighted by molar-refractivity contribution is 6.27. The highest BCUT2D eigenvalue weighted by Crippen LogP contribution is 2.50. The summed E-state index contributed by atoms with van der Waals surface area (Å²) in [5.41, 5.74) is -1.00. The van der Waals surface area contributed by atoms with Crippen molar-refractivity contribution in [3.63, 3.8) is 0 Å². The third kappa shape index (κ3) is 2.66. The van der Waals surface area contributed by atoms with Gasteiger partial charge in [0.05, 0.1) is 11.1 Å². The van der Waals surface area contributed by atoms with E-state index in [2.05, 4.69) is 0 Å². The van der Waals surface area contributed by atoms with Gasteiger partial charge >= 0.3 is 11.9 Å². The predicted octanol–water partition coefficient (Wildman–Crippen LogP) is 1.27. The van der Waals surface area contributed by atoms with Gasteiger partial charge in [0.1, 0.15) is 0 Å². The van der Waals surface area contributed by atoms with Crippen molar-refractivity contribution in [3.8, 4) is 23.0 Å². The minimum atomic E-state index is -0.894. The molecule has 0 aromatic heterocycles. The van der Waals surface area contributed by atoms with Crippen molar-refractivity contribution in [2.75, 3.05) is 0 Å². The van der Waals surface area contributed by atoms with Gasteiger partial charge in [0, 0.05) is 19.4 Å². The zero-order valence-electron chi connectivity index (χ0n) is 12.4. The fourth-order valence-corrected chi connectivity index (χ4v) is 2.15. The summed E-state index contributed by atoms with van der Waals surface area (Å²) in [7, 11) is 0. The van der Waals surface area contributed by atoms with E-state index in [4.69, 9.17) is 9.47 Å². The van der Waals surface area contributed by atoms with Gasteiger partial charge in [-0.15, -0.1) is 0 Å². The summed E-state index contributed by atoms with van der Waals surface area (Å²) in [5.74, 6) is -6.42. The Balaban J connectivity index is 2.87. The molecular formula is C15H12O8. The molecule has 0 unspecified atom stereocenters. The second kappa shape index (κ2) is 5.56. The Bertz CT molecular complexity index is 800. The number of esters is 2. The summed E-state index contributed by atoms with van der Waals surface area (Å²) >= 11 is 0. The van der Waals surface area contributed by atoms with Crippen LogP contribution in [0.5, 0.6) is 23.0 Å².